The Bertz CT molecular complexity index is 561. The summed E-state index contributed by atoms with van der Waals surface area (Å²) >= 11 is 0. The quantitative estimate of drug-likeness (QED) is 0.419. The van der Waals surface area contributed by atoms with Crippen molar-refractivity contribution in [1.82, 2.24) is 10.2 Å². The zero-order valence-corrected chi connectivity index (χ0v) is 14.7. The molecular weight excluding hydrogens is 309 g/mol. The van der Waals surface area contributed by atoms with E-state index in [1.165, 1.54) is 24.3 Å². The van der Waals surface area contributed by atoms with E-state index in [4.69, 9.17) is 35.8 Å². The minimum absolute atomic E-state index is 0. The predicted molar refractivity (Wildman–Crippen MR) is 75.6 cm³/mol. The van der Waals surface area contributed by atoms with E-state index in [2.05, 4.69) is 5.32 Å². The van der Waals surface area contributed by atoms with Crippen molar-refractivity contribution in [3.63, 3.8) is 0 Å². The average molecular weight is 322 g/mol. The summed E-state index contributed by atoms with van der Waals surface area (Å²) in [6, 6.07) is 6.07. The second kappa shape index (κ2) is 10.0. The van der Waals surface area contributed by atoms with Crippen LogP contribution in [0.5, 0.6) is 0 Å². The van der Waals surface area contributed by atoms with Gasteiger partial charge in [-0.3, -0.25) is 4.90 Å². The molecule has 0 unspecified atom stereocenters. The summed E-state index contributed by atoms with van der Waals surface area (Å²) in [5.74, 6) is 0. The molecule has 0 bridgehead atoms. The van der Waals surface area contributed by atoms with E-state index in [1.54, 1.807) is 6.19 Å². The van der Waals surface area contributed by atoms with Gasteiger partial charge in [0.2, 0.25) is 0 Å². The number of ether oxygens (including phenoxy) is 2. The standard InChI is InChI=1S/C9H4N6O.C4H9NO.Na/c10-3-8(4-11)9(5-12,6-13)16-2-1-15(8)7-14;1-3-6-4-2-5-1;/h1-2H2;5H,1-4H2;. The number of hydrogen-bond acceptors (Lipinski definition) is 9. The van der Waals surface area contributed by atoms with Crippen LogP contribution in [0, 0.1) is 56.8 Å². The molecule has 0 spiro atoms. The maximum Gasteiger partial charge on any atom is 0.292 e. The van der Waals surface area contributed by atoms with E-state index in [9.17, 15) is 0 Å². The molecule has 10 heteroatoms. The van der Waals surface area contributed by atoms with Crippen molar-refractivity contribution in [3.05, 3.63) is 0 Å². The molecule has 0 aromatic carbocycles. The van der Waals surface area contributed by atoms with Gasteiger partial charge in [-0.15, -0.1) is 0 Å². The first-order chi connectivity index (χ1) is 10.7. The fraction of sp³-hybridized carbons (Fsp3) is 0.615. The molecule has 2 heterocycles. The Hall–Kier alpha value is -1.87. The van der Waals surface area contributed by atoms with Gasteiger partial charge in [-0.25, -0.2) is 0 Å². The molecule has 2 fully saturated rings. The first-order valence-electron chi connectivity index (χ1n) is 6.41. The molecule has 1 radical (unpaired) electrons. The molecule has 2 saturated heterocycles. The van der Waals surface area contributed by atoms with Crippen LogP contribution in [0.4, 0.5) is 0 Å². The van der Waals surface area contributed by atoms with Gasteiger partial charge in [0, 0.05) is 42.6 Å². The molecule has 0 aromatic rings. The Kier molecular flexibility index (Phi) is 9.19. The van der Waals surface area contributed by atoms with Crippen LogP contribution in [-0.2, 0) is 9.47 Å². The molecule has 23 heavy (non-hydrogen) atoms. The Balaban J connectivity index is 0.000000581. The van der Waals surface area contributed by atoms with Gasteiger partial charge in [0.25, 0.3) is 11.1 Å². The monoisotopic (exact) mass is 322 g/mol. The van der Waals surface area contributed by atoms with Crippen molar-refractivity contribution in [2.45, 2.75) is 11.1 Å². The summed E-state index contributed by atoms with van der Waals surface area (Å²) in [6.45, 7) is 3.75. The third-order valence-electron chi connectivity index (χ3n) is 3.15. The summed E-state index contributed by atoms with van der Waals surface area (Å²) in [7, 11) is 0. The number of rotatable bonds is 0. The Labute approximate surface area is 156 Å². The fourth-order valence-electron chi connectivity index (χ4n) is 1.95. The van der Waals surface area contributed by atoms with E-state index < -0.39 is 11.1 Å². The molecule has 0 amide bonds. The minimum atomic E-state index is -2.26. The molecule has 1 N–H and O–H groups in total. The van der Waals surface area contributed by atoms with Gasteiger partial charge in [-0.2, -0.15) is 26.3 Å². The van der Waals surface area contributed by atoms with E-state index >= 15 is 0 Å². The van der Waals surface area contributed by atoms with Crippen molar-refractivity contribution >= 4 is 29.6 Å². The summed E-state index contributed by atoms with van der Waals surface area (Å²) in [5, 5.41) is 47.8. The largest absolute Gasteiger partial charge is 0.379 e. The number of nitrogens with zero attached hydrogens (tertiary/aromatic N) is 6. The molecule has 0 aromatic heterocycles. The number of nitrogens with one attached hydrogen (secondary N) is 1. The minimum Gasteiger partial charge on any atom is -0.379 e. The smallest absolute Gasteiger partial charge is 0.292 e. The topological polar surface area (TPSA) is 153 Å². The normalized spacial score (nSPS) is 20.4. The summed E-state index contributed by atoms with van der Waals surface area (Å²) in [6.07, 6.45) is 1.63. The second-order valence-corrected chi connectivity index (χ2v) is 4.30. The fourth-order valence-corrected chi connectivity index (χ4v) is 1.95. The van der Waals surface area contributed by atoms with Gasteiger partial charge in [-0.05, 0) is 0 Å². The van der Waals surface area contributed by atoms with Gasteiger partial charge >= 0.3 is 0 Å². The third-order valence-corrected chi connectivity index (χ3v) is 3.15. The molecule has 2 aliphatic rings. The number of nitriles is 5. The molecule has 0 aliphatic carbocycles. The predicted octanol–water partition coefficient (Wildman–Crippen LogP) is -1.40. The Morgan fingerprint density at radius 1 is 0.870 bits per heavy atom. The molecular formula is C13H13N7NaO2. The van der Waals surface area contributed by atoms with E-state index in [1.807, 2.05) is 0 Å². The van der Waals surface area contributed by atoms with Gasteiger partial charge in [0.1, 0.15) is 24.3 Å². The van der Waals surface area contributed by atoms with Crippen LogP contribution < -0.4 is 5.32 Å². The summed E-state index contributed by atoms with van der Waals surface area (Å²) in [4.78, 5) is 0.795. The molecule has 0 saturated carbocycles. The van der Waals surface area contributed by atoms with E-state index in [0.29, 0.717) is 0 Å². The van der Waals surface area contributed by atoms with E-state index in [0.717, 1.165) is 31.2 Å². The van der Waals surface area contributed by atoms with E-state index in [-0.39, 0.29) is 42.7 Å². The SMILES string of the molecule is C1COCCN1.N#CN1CCOC(C#N)(C#N)C1(C#N)C#N.[Na]. The van der Waals surface area contributed by atoms with Gasteiger partial charge in [-0.1, -0.05) is 0 Å². The van der Waals surface area contributed by atoms with Gasteiger partial charge in [0.15, 0.2) is 6.19 Å². The summed E-state index contributed by atoms with van der Waals surface area (Å²) in [5.41, 5.74) is -4.48. The van der Waals surface area contributed by atoms with Crippen molar-refractivity contribution in [3.8, 4) is 30.5 Å². The van der Waals surface area contributed by atoms with Crippen molar-refractivity contribution in [2.24, 2.45) is 0 Å². The zero-order valence-electron chi connectivity index (χ0n) is 12.7. The average Bonchev–Trinajstić information content (AvgIpc) is 2.62. The maximum absolute atomic E-state index is 8.99. The maximum atomic E-state index is 8.99. The van der Waals surface area contributed by atoms with Crippen LogP contribution in [0.3, 0.4) is 0 Å². The van der Waals surface area contributed by atoms with Crippen LogP contribution in [0.1, 0.15) is 0 Å². The van der Waals surface area contributed by atoms with Crippen molar-refractivity contribution < 1.29 is 9.47 Å². The molecule has 2 aliphatic heterocycles. The summed E-state index contributed by atoms with van der Waals surface area (Å²) < 4.78 is 9.94. The molecule has 0 atom stereocenters. The Morgan fingerprint density at radius 2 is 1.43 bits per heavy atom. The number of hydrogen-bond donors (Lipinski definition) is 1. The first kappa shape index (κ1) is 21.1. The van der Waals surface area contributed by atoms with Crippen LogP contribution in [0.25, 0.3) is 0 Å². The van der Waals surface area contributed by atoms with Crippen LogP contribution in [-0.4, -0.2) is 85.1 Å². The van der Waals surface area contributed by atoms with Gasteiger partial charge in [0.05, 0.1) is 26.4 Å². The second-order valence-electron chi connectivity index (χ2n) is 4.30. The molecule has 113 valence electrons. The van der Waals surface area contributed by atoms with Crippen LogP contribution in [0.2, 0.25) is 0 Å². The Morgan fingerprint density at radius 3 is 1.74 bits per heavy atom. The van der Waals surface area contributed by atoms with Gasteiger partial charge < -0.3 is 14.8 Å². The van der Waals surface area contributed by atoms with Crippen LogP contribution in [0.15, 0.2) is 0 Å². The third kappa shape index (κ3) is 4.11. The van der Waals surface area contributed by atoms with Crippen LogP contribution >= 0.6 is 0 Å². The first-order valence-corrected chi connectivity index (χ1v) is 6.41. The van der Waals surface area contributed by atoms with Crippen molar-refractivity contribution in [2.75, 3.05) is 39.5 Å². The van der Waals surface area contributed by atoms with Crippen molar-refractivity contribution in [1.29, 1.82) is 26.3 Å². The molecule has 2 rings (SSSR count). The zero-order chi connectivity index (χ0) is 16.5. The molecule has 9 nitrogen and oxygen atoms in total. The number of morpholine rings is 2.